The summed E-state index contributed by atoms with van der Waals surface area (Å²) in [6, 6.07) is -0.485. The molecule has 0 aliphatic heterocycles. The van der Waals surface area contributed by atoms with E-state index < -0.39 is 66.0 Å². The molecule has 0 rings (SSSR count). The fourth-order valence-corrected chi connectivity index (χ4v) is 3.59. The maximum absolute atomic E-state index is 13.3. The molecule has 0 amide bonds. The Hall–Kier alpha value is 0.160. The molecule has 16 heteroatoms. The van der Waals surface area contributed by atoms with Gasteiger partial charge in [0.1, 0.15) is 40.7 Å². The summed E-state index contributed by atoms with van der Waals surface area (Å²) < 4.78 is 66.2. The van der Waals surface area contributed by atoms with Crippen LogP contribution in [0.2, 0.25) is 0 Å². The van der Waals surface area contributed by atoms with Gasteiger partial charge in [-0.2, -0.15) is 0 Å². The SMILES string of the molecule is BCOC(CO)[C@@H](C)OP(=O)(O)OCC(O[C@@H](B)C)C(CF)OP(=O)(O)OC. The highest BCUT2D eigenvalue weighted by molar-refractivity contribution is 7.47. The third-order valence-electron chi connectivity index (χ3n) is 3.30. The lowest BCUT2D eigenvalue weighted by molar-refractivity contribution is -0.0804. The molecule has 0 radical (unpaired) electrons. The number of hydrogen-bond acceptors (Lipinski definition) is 9. The van der Waals surface area contributed by atoms with E-state index in [2.05, 4.69) is 9.05 Å². The van der Waals surface area contributed by atoms with Crippen molar-refractivity contribution in [3.63, 3.8) is 0 Å². The number of hydrogen-bond donors (Lipinski definition) is 3. The Morgan fingerprint density at radius 3 is 2.11 bits per heavy atom. The van der Waals surface area contributed by atoms with Gasteiger partial charge >= 0.3 is 15.6 Å². The van der Waals surface area contributed by atoms with Crippen LogP contribution >= 0.6 is 15.6 Å². The quantitative estimate of drug-likeness (QED) is 0.194. The van der Waals surface area contributed by atoms with E-state index in [0.717, 1.165) is 7.11 Å². The van der Waals surface area contributed by atoms with Gasteiger partial charge in [-0.05, 0) is 13.8 Å². The van der Waals surface area contributed by atoms with Crippen molar-refractivity contribution in [1.82, 2.24) is 0 Å². The van der Waals surface area contributed by atoms with Gasteiger partial charge in [-0.1, -0.05) is 0 Å². The first kappa shape index (κ1) is 28.2. The van der Waals surface area contributed by atoms with Gasteiger partial charge in [-0.15, -0.1) is 0 Å². The Morgan fingerprint density at radius 2 is 1.68 bits per heavy atom. The van der Waals surface area contributed by atoms with Gasteiger partial charge in [0.25, 0.3) is 0 Å². The third-order valence-corrected chi connectivity index (χ3v) is 5.37. The summed E-state index contributed by atoms with van der Waals surface area (Å²) >= 11 is 0. The van der Waals surface area contributed by atoms with E-state index in [1.165, 1.54) is 6.92 Å². The molecule has 3 N–H and O–H groups in total. The Bertz CT molecular complexity index is 530. The summed E-state index contributed by atoms with van der Waals surface area (Å²) in [5, 5.41) is 9.22. The summed E-state index contributed by atoms with van der Waals surface area (Å²) in [5.74, 6) is 0. The standard InChI is InChI=1S/C12H29B2FO11P2/c1-8(11(5-16)22-7-13)25-28(19,20)23-6-12(24-9(2)14)10(4-15)26-27(17,18)21-3/h8-12,16H,4-7,13-14H2,1-3H3,(H,17,18)(H,19,20)/t8-,9-,10?,11?,12?/m1/s1. The second kappa shape index (κ2) is 13.5. The lowest BCUT2D eigenvalue weighted by atomic mass is 10.0. The van der Waals surface area contributed by atoms with Crippen LogP contribution in [-0.4, -0.2) is 94.5 Å². The fourth-order valence-electron chi connectivity index (χ4n) is 2.02. The van der Waals surface area contributed by atoms with Crippen LogP contribution in [0.25, 0.3) is 0 Å². The van der Waals surface area contributed by atoms with E-state index in [1.807, 2.05) is 0 Å². The molecule has 28 heavy (non-hydrogen) atoms. The van der Waals surface area contributed by atoms with Gasteiger partial charge in [0, 0.05) is 19.6 Å². The molecule has 0 fully saturated rings. The molecule has 0 bridgehead atoms. The van der Waals surface area contributed by atoms with Gasteiger partial charge < -0.3 is 24.4 Å². The van der Waals surface area contributed by atoms with Crippen molar-refractivity contribution in [3.05, 3.63) is 0 Å². The molecule has 0 saturated carbocycles. The maximum atomic E-state index is 13.3. The van der Waals surface area contributed by atoms with E-state index in [1.54, 1.807) is 22.6 Å². The monoisotopic (exact) mass is 452 g/mol. The van der Waals surface area contributed by atoms with Crippen LogP contribution in [0, 0.1) is 0 Å². The Labute approximate surface area is 165 Å². The minimum absolute atomic E-state index is 0.246. The molecule has 166 valence electrons. The summed E-state index contributed by atoms with van der Waals surface area (Å²) in [4.78, 5) is 19.2. The molecular weight excluding hydrogens is 423 g/mol. The van der Waals surface area contributed by atoms with Crippen molar-refractivity contribution in [2.75, 3.05) is 33.5 Å². The second-order valence-corrected chi connectivity index (χ2v) is 8.84. The van der Waals surface area contributed by atoms with Gasteiger partial charge in [-0.3, -0.25) is 18.1 Å². The van der Waals surface area contributed by atoms with E-state index in [-0.39, 0.29) is 6.51 Å². The minimum atomic E-state index is -4.66. The molecule has 0 aliphatic carbocycles. The van der Waals surface area contributed by atoms with Gasteiger partial charge in [0.05, 0.1) is 19.3 Å². The van der Waals surface area contributed by atoms with Crippen molar-refractivity contribution in [1.29, 1.82) is 0 Å². The number of aliphatic hydroxyl groups is 1. The largest absolute Gasteiger partial charge is 0.472 e. The molecule has 0 aromatic carbocycles. The van der Waals surface area contributed by atoms with E-state index in [0.29, 0.717) is 0 Å². The van der Waals surface area contributed by atoms with Crippen molar-refractivity contribution < 1.29 is 56.0 Å². The van der Waals surface area contributed by atoms with Crippen molar-refractivity contribution in [3.8, 4) is 0 Å². The number of phosphoric acid groups is 2. The Kier molecular flexibility index (Phi) is 13.5. The van der Waals surface area contributed by atoms with Crippen LogP contribution in [-0.2, 0) is 36.7 Å². The summed E-state index contributed by atoms with van der Waals surface area (Å²) in [6.07, 6.45) is -4.78. The Balaban J connectivity index is 5.08. The van der Waals surface area contributed by atoms with E-state index in [4.69, 9.17) is 18.5 Å². The molecule has 0 aromatic rings. The number of rotatable bonds is 16. The Morgan fingerprint density at radius 1 is 1.07 bits per heavy atom. The first-order chi connectivity index (χ1) is 12.9. The summed E-state index contributed by atoms with van der Waals surface area (Å²) in [7, 11) is -5.02. The smallest absolute Gasteiger partial charge is 0.394 e. The number of halogens is 1. The van der Waals surface area contributed by atoms with Gasteiger partial charge in [0.2, 0.25) is 0 Å². The topological polar surface area (TPSA) is 150 Å². The predicted molar refractivity (Wildman–Crippen MR) is 102 cm³/mol. The highest BCUT2D eigenvalue weighted by Crippen LogP contribution is 2.47. The van der Waals surface area contributed by atoms with E-state index >= 15 is 0 Å². The predicted octanol–water partition coefficient (Wildman–Crippen LogP) is -1.06. The second-order valence-electron chi connectivity index (χ2n) is 5.92. The van der Waals surface area contributed by atoms with Crippen LogP contribution in [0.3, 0.4) is 0 Å². The number of phosphoric ester groups is 2. The molecular formula is C12H29B2FO11P2. The van der Waals surface area contributed by atoms with Crippen LogP contribution in [0.15, 0.2) is 0 Å². The van der Waals surface area contributed by atoms with E-state index in [9.17, 15) is 28.4 Å². The first-order valence-electron chi connectivity index (χ1n) is 8.57. The zero-order valence-corrected chi connectivity index (χ0v) is 18.4. The molecule has 5 unspecified atom stereocenters. The number of ether oxygens (including phenoxy) is 2. The van der Waals surface area contributed by atoms with Gasteiger partial charge in [0.15, 0.2) is 0 Å². The highest BCUT2D eigenvalue weighted by Gasteiger charge is 2.36. The zero-order valence-electron chi connectivity index (χ0n) is 16.6. The minimum Gasteiger partial charge on any atom is -0.394 e. The molecule has 7 atom stereocenters. The van der Waals surface area contributed by atoms with Crippen molar-refractivity contribution in [2.24, 2.45) is 0 Å². The van der Waals surface area contributed by atoms with Crippen LogP contribution < -0.4 is 0 Å². The molecule has 0 heterocycles. The number of aliphatic hydroxyl groups excluding tert-OH is 1. The summed E-state index contributed by atoms with van der Waals surface area (Å²) in [6.45, 7) is 0.861. The lowest BCUT2D eigenvalue weighted by Crippen LogP contribution is -2.39. The highest BCUT2D eigenvalue weighted by atomic mass is 31.2. The van der Waals surface area contributed by atoms with Gasteiger partial charge in [-0.25, -0.2) is 13.5 Å². The average Bonchev–Trinajstić information content (AvgIpc) is 2.60. The fraction of sp³-hybridized carbons (Fsp3) is 1.00. The molecule has 0 aliphatic rings. The number of alkyl halides is 1. The first-order valence-corrected chi connectivity index (χ1v) is 11.6. The molecule has 0 aromatic heterocycles. The maximum Gasteiger partial charge on any atom is 0.472 e. The zero-order chi connectivity index (χ0) is 22.0. The van der Waals surface area contributed by atoms with Crippen molar-refractivity contribution >= 4 is 31.3 Å². The van der Waals surface area contributed by atoms with Crippen LogP contribution in [0.1, 0.15) is 13.8 Å². The van der Waals surface area contributed by atoms with Crippen LogP contribution in [0.4, 0.5) is 4.39 Å². The van der Waals surface area contributed by atoms with Crippen LogP contribution in [0.5, 0.6) is 0 Å². The lowest BCUT2D eigenvalue weighted by Gasteiger charge is -2.29. The normalized spacial score (nSPS) is 21.8. The molecule has 0 spiro atoms. The van der Waals surface area contributed by atoms with Crippen molar-refractivity contribution in [2.45, 2.75) is 44.3 Å². The molecule has 0 saturated heterocycles. The summed E-state index contributed by atoms with van der Waals surface area (Å²) in [5.41, 5.74) is 0. The third kappa shape index (κ3) is 11.4. The molecule has 11 nitrogen and oxygen atoms in total. The average molecular weight is 452 g/mol.